The van der Waals surface area contributed by atoms with E-state index in [0.717, 1.165) is 43.1 Å². The minimum absolute atomic E-state index is 0.0124. The van der Waals surface area contributed by atoms with Crippen LogP contribution in [0.25, 0.3) is 11.0 Å². The van der Waals surface area contributed by atoms with Crippen molar-refractivity contribution in [2.75, 3.05) is 11.4 Å². The topological polar surface area (TPSA) is 67.2 Å². The molecule has 160 valence electrons. The molecule has 31 heavy (non-hydrogen) atoms. The van der Waals surface area contributed by atoms with Gasteiger partial charge in [-0.15, -0.1) is 0 Å². The Balaban J connectivity index is 1.35. The third-order valence-corrected chi connectivity index (χ3v) is 6.52. The van der Waals surface area contributed by atoms with Gasteiger partial charge < -0.3 is 5.32 Å². The van der Waals surface area contributed by atoms with Crippen molar-refractivity contribution in [3.8, 4) is 0 Å². The van der Waals surface area contributed by atoms with Gasteiger partial charge in [0, 0.05) is 12.6 Å². The summed E-state index contributed by atoms with van der Waals surface area (Å²) in [5.74, 6) is 0.627. The summed E-state index contributed by atoms with van der Waals surface area (Å²) in [5, 5.41) is 3.00. The largest absolute Gasteiger partial charge is 0.356 e. The van der Waals surface area contributed by atoms with E-state index in [-0.39, 0.29) is 24.3 Å². The van der Waals surface area contributed by atoms with Gasteiger partial charge in [0.1, 0.15) is 6.04 Å². The van der Waals surface area contributed by atoms with Gasteiger partial charge in [0.05, 0.1) is 17.5 Å². The highest BCUT2D eigenvalue weighted by atomic mass is 16.2. The number of hydrogen-bond donors (Lipinski definition) is 1. The van der Waals surface area contributed by atoms with E-state index in [0.29, 0.717) is 12.5 Å². The molecule has 1 aromatic heterocycles. The van der Waals surface area contributed by atoms with E-state index in [9.17, 15) is 9.59 Å². The molecule has 2 amide bonds. The van der Waals surface area contributed by atoms with Crippen LogP contribution in [-0.4, -0.2) is 34.0 Å². The van der Waals surface area contributed by atoms with Crippen molar-refractivity contribution in [1.82, 2.24) is 14.9 Å². The van der Waals surface area contributed by atoms with Crippen LogP contribution in [0.15, 0.2) is 54.6 Å². The summed E-state index contributed by atoms with van der Waals surface area (Å²) in [6.07, 6.45) is 6.43. The number of fused-ring (bicyclic) bond motifs is 3. The van der Waals surface area contributed by atoms with Gasteiger partial charge in [-0.2, -0.15) is 0 Å². The van der Waals surface area contributed by atoms with Crippen LogP contribution in [0, 0.1) is 0 Å². The Morgan fingerprint density at radius 1 is 1.00 bits per heavy atom. The number of imidazole rings is 1. The predicted octanol–water partition coefficient (Wildman–Crippen LogP) is 4.01. The molecule has 0 saturated heterocycles. The molecule has 1 fully saturated rings. The van der Waals surface area contributed by atoms with Gasteiger partial charge in [-0.25, -0.2) is 4.98 Å². The second-order valence-electron chi connectivity index (χ2n) is 8.58. The van der Waals surface area contributed by atoms with Crippen LogP contribution in [0.5, 0.6) is 0 Å². The molecule has 6 heteroatoms. The Hall–Kier alpha value is -3.15. The zero-order valence-corrected chi connectivity index (χ0v) is 17.7. The first-order valence-electron chi connectivity index (χ1n) is 11.3. The van der Waals surface area contributed by atoms with E-state index in [1.54, 1.807) is 0 Å². The van der Waals surface area contributed by atoms with Gasteiger partial charge in [0.2, 0.25) is 11.9 Å². The number of carbonyl (C=O) groups excluding carboxylic acids is 2. The lowest BCUT2D eigenvalue weighted by molar-refractivity contribution is -0.127. The Morgan fingerprint density at radius 2 is 1.74 bits per heavy atom. The number of amides is 2. The van der Waals surface area contributed by atoms with Crippen molar-refractivity contribution in [2.24, 2.45) is 0 Å². The van der Waals surface area contributed by atoms with Gasteiger partial charge in [-0.05, 0) is 37.0 Å². The van der Waals surface area contributed by atoms with Crippen LogP contribution in [0.3, 0.4) is 0 Å². The van der Waals surface area contributed by atoms with Crippen LogP contribution in [0.2, 0.25) is 0 Å². The third kappa shape index (κ3) is 3.82. The van der Waals surface area contributed by atoms with Gasteiger partial charge in [-0.1, -0.05) is 61.7 Å². The van der Waals surface area contributed by atoms with Crippen molar-refractivity contribution in [1.29, 1.82) is 0 Å². The number of aromatic nitrogens is 2. The normalized spacial score (nSPS) is 19.0. The molecular formula is C25H28N4O2. The summed E-state index contributed by atoms with van der Waals surface area (Å²) in [6.45, 7) is 0.563. The first kappa shape index (κ1) is 19.8. The van der Waals surface area contributed by atoms with E-state index in [4.69, 9.17) is 4.98 Å². The van der Waals surface area contributed by atoms with Crippen LogP contribution < -0.4 is 10.2 Å². The fourth-order valence-electron chi connectivity index (χ4n) is 4.98. The fraction of sp³-hybridized carbons (Fsp3) is 0.400. The standard InChI is InChI=1S/C25H28N4O2/c30-23(26-16-15-18-9-3-1-4-10-18)17-22-24(31)28(19-11-5-2-6-12-19)25-27-20-13-7-8-14-21(20)29(22)25/h1,3-4,7-10,13-14,19,22H,2,5-6,11-12,15-17H2,(H,26,30). The zero-order valence-electron chi connectivity index (χ0n) is 17.7. The first-order chi connectivity index (χ1) is 15.2. The summed E-state index contributed by atoms with van der Waals surface area (Å²) in [5.41, 5.74) is 2.98. The molecule has 1 unspecified atom stereocenters. The minimum atomic E-state index is -0.527. The summed E-state index contributed by atoms with van der Waals surface area (Å²) >= 11 is 0. The number of carbonyl (C=O) groups is 2. The summed E-state index contributed by atoms with van der Waals surface area (Å²) < 4.78 is 1.99. The maximum absolute atomic E-state index is 13.5. The average molecular weight is 417 g/mol. The molecule has 3 aromatic rings. The highest BCUT2D eigenvalue weighted by Gasteiger charge is 2.44. The SMILES string of the molecule is O=C(CC1C(=O)N(C2CCCCC2)c2nc3ccccc3n21)NCCc1ccccc1. The number of benzene rings is 2. The third-order valence-electron chi connectivity index (χ3n) is 6.52. The van der Waals surface area contributed by atoms with E-state index < -0.39 is 6.04 Å². The molecule has 1 saturated carbocycles. The molecule has 0 bridgehead atoms. The Morgan fingerprint density at radius 3 is 2.55 bits per heavy atom. The Labute approximate surface area is 182 Å². The number of nitrogens with zero attached hydrogens (tertiary/aromatic N) is 3. The number of anilines is 1. The molecule has 0 radical (unpaired) electrons. The number of rotatable bonds is 6. The van der Waals surface area contributed by atoms with E-state index >= 15 is 0 Å². The lowest BCUT2D eigenvalue weighted by atomic mass is 9.94. The molecular weight excluding hydrogens is 388 g/mol. The van der Waals surface area contributed by atoms with Crippen molar-refractivity contribution < 1.29 is 9.59 Å². The Kier molecular flexibility index (Phi) is 5.45. The maximum atomic E-state index is 13.5. The summed E-state index contributed by atoms with van der Waals surface area (Å²) in [6, 6.07) is 17.6. The van der Waals surface area contributed by atoms with Gasteiger partial charge in [0.25, 0.3) is 5.91 Å². The van der Waals surface area contributed by atoms with Crippen LogP contribution in [-0.2, 0) is 16.0 Å². The van der Waals surface area contributed by atoms with Crippen molar-refractivity contribution in [2.45, 2.75) is 57.0 Å². The molecule has 2 aliphatic rings. The second-order valence-corrected chi connectivity index (χ2v) is 8.58. The predicted molar refractivity (Wildman–Crippen MR) is 121 cm³/mol. The monoisotopic (exact) mass is 416 g/mol. The quantitative estimate of drug-likeness (QED) is 0.660. The molecule has 1 aliphatic carbocycles. The van der Waals surface area contributed by atoms with Gasteiger partial charge in [-0.3, -0.25) is 19.1 Å². The summed E-state index contributed by atoms with van der Waals surface area (Å²) in [7, 11) is 0. The maximum Gasteiger partial charge on any atom is 0.253 e. The minimum Gasteiger partial charge on any atom is -0.356 e. The Bertz CT molecular complexity index is 1090. The van der Waals surface area contributed by atoms with E-state index in [2.05, 4.69) is 17.4 Å². The molecule has 2 heterocycles. The second kappa shape index (κ2) is 8.53. The van der Waals surface area contributed by atoms with Gasteiger partial charge in [0.15, 0.2) is 0 Å². The number of para-hydroxylation sites is 2. The zero-order chi connectivity index (χ0) is 21.2. The lowest BCUT2D eigenvalue weighted by Gasteiger charge is -2.30. The number of nitrogens with one attached hydrogen (secondary N) is 1. The van der Waals surface area contributed by atoms with Gasteiger partial charge >= 0.3 is 0 Å². The summed E-state index contributed by atoms with van der Waals surface area (Å²) in [4.78, 5) is 32.9. The highest BCUT2D eigenvalue weighted by Crippen LogP contribution is 2.40. The smallest absolute Gasteiger partial charge is 0.253 e. The van der Waals surface area contributed by atoms with Crippen LogP contribution in [0.1, 0.15) is 50.1 Å². The molecule has 1 aliphatic heterocycles. The lowest BCUT2D eigenvalue weighted by Crippen LogP contribution is -2.41. The van der Waals surface area contributed by atoms with Crippen molar-refractivity contribution in [3.05, 3.63) is 60.2 Å². The first-order valence-corrected chi connectivity index (χ1v) is 11.3. The molecule has 2 aromatic carbocycles. The van der Waals surface area contributed by atoms with Crippen molar-refractivity contribution in [3.63, 3.8) is 0 Å². The molecule has 6 nitrogen and oxygen atoms in total. The van der Waals surface area contributed by atoms with E-state index in [1.165, 1.54) is 12.0 Å². The number of hydrogen-bond acceptors (Lipinski definition) is 3. The molecule has 1 atom stereocenters. The highest BCUT2D eigenvalue weighted by molar-refractivity contribution is 6.04. The van der Waals surface area contributed by atoms with Crippen LogP contribution >= 0.6 is 0 Å². The molecule has 1 N–H and O–H groups in total. The molecule has 5 rings (SSSR count). The van der Waals surface area contributed by atoms with Crippen LogP contribution in [0.4, 0.5) is 5.95 Å². The average Bonchev–Trinajstić information content (AvgIpc) is 3.29. The van der Waals surface area contributed by atoms with Crippen molar-refractivity contribution >= 4 is 28.8 Å². The fourth-order valence-corrected chi connectivity index (χ4v) is 4.98. The van der Waals surface area contributed by atoms with E-state index in [1.807, 2.05) is 51.9 Å². The molecule has 0 spiro atoms.